The van der Waals surface area contributed by atoms with E-state index in [2.05, 4.69) is 10.3 Å². The van der Waals surface area contributed by atoms with E-state index >= 15 is 0 Å². The molecule has 1 atom stereocenters. The number of likely N-dealkylation sites (tertiary alicyclic amines) is 1. The van der Waals surface area contributed by atoms with Gasteiger partial charge < -0.3 is 16.0 Å². The van der Waals surface area contributed by atoms with Crippen LogP contribution in [0.5, 0.6) is 0 Å². The lowest BCUT2D eigenvalue weighted by Crippen LogP contribution is -2.41. The molecule has 0 saturated carbocycles. The average Bonchev–Trinajstić information content (AvgIpc) is 3.51. The monoisotopic (exact) mass is 576 g/mol. The first-order chi connectivity index (χ1) is 18.6. The van der Waals surface area contributed by atoms with Crippen molar-refractivity contribution in [1.29, 1.82) is 0 Å². The summed E-state index contributed by atoms with van der Waals surface area (Å²) in [7, 11) is 0. The lowest BCUT2D eigenvalue weighted by atomic mass is 9.85. The molecule has 208 valence electrons. The summed E-state index contributed by atoms with van der Waals surface area (Å²) in [5, 5.41) is 2.99. The quantitative estimate of drug-likeness (QED) is 0.275. The molecule has 40 heavy (non-hydrogen) atoms. The standard InChI is InChI=1S/C32H32N4O2.2ClH/c33-31(30(24-9-3-1-4-10-24)25-11-5-2-6-12-25)32(38)35-27-15-13-23(14-16-27)28-17-18-34-22-26(28)21-29(37)36-19-7-8-20-36;;/h1-6,9-18,22,30-31H,7-8,19-21,33H2,(H,35,38);2*1H. The minimum atomic E-state index is -0.775. The van der Waals surface area contributed by atoms with Crippen LogP contribution in [-0.2, 0) is 16.0 Å². The number of nitrogens with one attached hydrogen (secondary N) is 1. The van der Waals surface area contributed by atoms with E-state index in [-0.39, 0.29) is 42.5 Å². The Bertz CT molecular complexity index is 1340. The van der Waals surface area contributed by atoms with Crippen LogP contribution in [0.15, 0.2) is 103 Å². The minimum absolute atomic E-state index is 0. The smallest absolute Gasteiger partial charge is 0.242 e. The molecule has 1 aliphatic rings. The van der Waals surface area contributed by atoms with E-state index in [1.807, 2.05) is 95.9 Å². The second-order valence-corrected chi connectivity index (χ2v) is 9.69. The largest absolute Gasteiger partial charge is 0.342 e. The van der Waals surface area contributed by atoms with E-state index in [9.17, 15) is 9.59 Å². The first kappa shape index (κ1) is 30.8. The van der Waals surface area contributed by atoms with E-state index in [1.54, 1.807) is 12.4 Å². The van der Waals surface area contributed by atoms with Crippen LogP contribution in [0.4, 0.5) is 5.69 Å². The molecule has 5 rings (SSSR count). The molecular formula is C32H34Cl2N4O2. The van der Waals surface area contributed by atoms with Gasteiger partial charge in [-0.1, -0.05) is 72.8 Å². The summed E-state index contributed by atoms with van der Waals surface area (Å²) in [6, 6.07) is 28.5. The van der Waals surface area contributed by atoms with Gasteiger partial charge in [0.15, 0.2) is 0 Å². The second-order valence-electron chi connectivity index (χ2n) is 9.69. The zero-order valence-corrected chi connectivity index (χ0v) is 23.7. The topological polar surface area (TPSA) is 88.3 Å². The van der Waals surface area contributed by atoms with Crippen LogP contribution in [0, 0.1) is 0 Å². The SMILES string of the molecule is Cl.Cl.NC(C(=O)Nc1ccc(-c2ccncc2CC(=O)N2CCCC2)cc1)C(c1ccccc1)c1ccccc1. The molecule has 1 saturated heterocycles. The van der Waals surface area contributed by atoms with Crippen LogP contribution in [-0.4, -0.2) is 40.8 Å². The first-order valence-electron chi connectivity index (χ1n) is 13.1. The Morgan fingerprint density at radius 3 is 1.98 bits per heavy atom. The third-order valence-electron chi connectivity index (χ3n) is 7.15. The van der Waals surface area contributed by atoms with Crippen LogP contribution >= 0.6 is 24.8 Å². The molecule has 2 amide bonds. The molecule has 4 aromatic rings. The molecular weight excluding hydrogens is 543 g/mol. The molecule has 1 fully saturated rings. The number of anilines is 1. The highest BCUT2D eigenvalue weighted by atomic mass is 35.5. The number of carbonyl (C=O) groups excluding carboxylic acids is 2. The highest BCUT2D eigenvalue weighted by Crippen LogP contribution is 2.29. The lowest BCUT2D eigenvalue weighted by molar-refractivity contribution is -0.129. The van der Waals surface area contributed by atoms with Gasteiger partial charge in [-0.3, -0.25) is 14.6 Å². The summed E-state index contributed by atoms with van der Waals surface area (Å²) in [4.78, 5) is 32.2. The van der Waals surface area contributed by atoms with Crippen molar-refractivity contribution in [2.24, 2.45) is 5.73 Å². The Hall–Kier alpha value is -3.71. The van der Waals surface area contributed by atoms with E-state index in [1.165, 1.54) is 0 Å². The van der Waals surface area contributed by atoms with Crippen molar-refractivity contribution in [1.82, 2.24) is 9.88 Å². The predicted molar refractivity (Wildman–Crippen MR) is 165 cm³/mol. The maximum absolute atomic E-state index is 13.3. The van der Waals surface area contributed by atoms with Crippen molar-refractivity contribution in [2.75, 3.05) is 18.4 Å². The fourth-order valence-corrected chi connectivity index (χ4v) is 5.13. The molecule has 1 unspecified atom stereocenters. The fourth-order valence-electron chi connectivity index (χ4n) is 5.13. The number of hydrogen-bond donors (Lipinski definition) is 2. The van der Waals surface area contributed by atoms with E-state index in [0.717, 1.165) is 53.7 Å². The number of nitrogens with two attached hydrogens (primary N) is 1. The average molecular weight is 578 g/mol. The van der Waals surface area contributed by atoms with Gasteiger partial charge in [-0.2, -0.15) is 0 Å². The van der Waals surface area contributed by atoms with Gasteiger partial charge in [0.25, 0.3) is 0 Å². The highest BCUT2D eigenvalue weighted by molar-refractivity contribution is 5.96. The van der Waals surface area contributed by atoms with Crippen molar-refractivity contribution in [3.8, 4) is 11.1 Å². The molecule has 3 N–H and O–H groups in total. The summed E-state index contributed by atoms with van der Waals surface area (Å²) in [6.07, 6.45) is 5.98. The molecule has 3 aromatic carbocycles. The van der Waals surface area contributed by atoms with E-state index < -0.39 is 6.04 Å². The summed E-state index contributed by atoms with van der Waals surface area (Å²) < 4.78 is 0. The summed E-state index contributed by atoms with van der Waals surface area (Å²) >= 11 is 0. The van der Waals surface area contributed by atoms with Crippen molar-refractivity contribution >= 4 is 42.3 Å². The van der Waals surface area contributed by atoms with Gasteiger partial charge in [0.2, 0.25) is 11.8 Å². The van der Waals surface area contributed by atoms with Crippen molar-refractivity contribution in [2.45, 2.75) is 31.2 Å². The fraction of sp³-hybridized carbons (Fsp3) is 0.219. The normalized spacial score (nSPS) is 13.2. The third-order valence-corrected chi connectivity index (χ3v) is 7.15. The number of rotatable bonds is 8. The van der Waals surface area contributed by atoms with Gasteiger partial charge in [0.1, 0.15) is 0 Å². The number of pyridine rings is 1. The maximum Gasteiger partial charge on any atom is 0.242 e. The van der Waals surface area contributed by atoms with Gasteiger partial charge in [-0.25, -0.2) is 0 Å². The van der Waals surface area contributed by atoms with Crippen molar-refractivity contribution in [3.05, 3.63) is 120 Å². The zero-order chi connectivity index (χ0) is 26.3. The lowest BCUT2D eigenvalue weighted by Gasteiger charge is -2.24. The molecule has 1 aromatic heterocycles. The Labute approximate surface area is 247 Å². The Morgan fingerprint density at radius 2 is 1.40 bits per heavy atom. The number of aromatic nitrogens is 1. The number of benzene rings is 3. The summed E-state index contributed by atoms with van der Waals surface area (Å²) in [6.45, 7) is 1.67. The highest BCUT2D eigenvalue weighted by Gasteiger charge is 2.28. The molecule has 0 aliphatic carbocycles. The van der Waals surface area contributed by atoms with Crippen LogP contribution in [0.25, 0.3) is 11.1 Å². The summed E-state index contributed by atoms with van der Waals surface area (Å²) in [5.41, 5.74) is 12.0. The number of amides is 2. The van der Waals surface area contributed by atoms with Crippen LogP contribution in [0.1, 0.15) is 35.4 Å². The van der Waals surface area contributed by atoms with E-state index in [0.29, 0.717) is 12.1 Å². The first-order valence-corrected chi connectivity index (χ1v) is 13.1. The maximum atomic E-state index is 13.3. The summed E-state index contributed by atoms with van der Waals surface area (Å²) in [5.74, 6) is -0.388. The van der Waals surface area contributed by atoms with Gasteiger partial charge in [0, 0.05) is 37.1 Å². The minimum Gasteiger partial charge on any atom is -0.342 e. The number of hydrogen-bond acceptors (Lipinski definition) is 4. The van der Waals surface area contributed by atoms with Crippen LogP contribution < -0.4 is 11.1 Å². The van der Waals surface area contributed by atoms with Gasteiger partial charge in [-0.15, -0.1) is 24.8 Å². The second kappa shape index (κ2) is 14.6. The van der Waals surface area contributed by atoms with Crippen molar-refractivity contribution < 1.29 is 9.59 Å². The third kappa shape index (κ3) is 7.27. The Balaban J connectivity index is 0.00000220. The van der Waals surface area contributed by atoms with Gasteiger partial charge >= 0.3 is 0 Å². The van der Waals surface area contributed by atoms with Gasteiger partial charge in [-0.05, 0) is 58.9 Å². The molecule has 1 aliphatic heterocycles. The van der Waals surface area contributed by atoms with Crippen LogP contribution in [0.3, 0.4) is 0 Å². The Kier molecular flexibility index (Phi) is 11.3. The molecule has 2 heterocycles. The number of nitrogens with zero attached hydrogens (tertiary/aromatic N) is 2. The van der Waals surface area contributed by atoms with Crippen LogP contribution in [0.2, 0.25) is 0 Å². The van der Waals surface area contributed by atoms with E-state index in [4.69, 9.17) is 5.73 Å². The molecule has 0 radical (unpaired) electrons. The molecule has 6 nitrogen and oxygen atoms in total. The number of carbonyl (C=O) groups is 2. The van der Waals surface area contributed by atoms with Crippen molar-refractivity contribution in [3.63, 3.8) is 0 Å². The number of halogens is 2. The Morgan fingerprint density at radius 1 is 0.825 bits per heavy atom. The zero-order valence-electron chi connectivity index (χ0n) is 22.1. The molecule has 8 heteroatoms. The molecule has 0 bridgehead atoms. The van der Waals surface area contributed by atoms with Gasteiger partial charge in [0.05, 0.1) is 12.5 Å². The predicted octanol–water partition coefficient (Wildman–Crippen LogP) is 5.86. The molecule has 0 spiro atoms.